The lowest BCUT2D eigenvalue weighted by Gasteiger charge is -2.27. The Kier molecular flexibility index (Phi) is 8.70. The summed E-state index contributed by atoms with van der Waals surface area (Å²) in [6.07, 6.45) is 1.93. The predicted octanol–water partition coefficient (Wildman–Crippen LogP) is 3.63. The molecule has 2 aromatic rings. The lowest BCUT2D eigenvalue weighted by atomic mass is 10.2. The minimum absolute atomic E-state index is 0.107. The summed E-state index contributed by atoms with van der Waals surface area (Å²) < 4.78 is 43.9. The Morgan fingerprint density at radius 3 is 1.69 bits per heavy atom. The summed E-state index contributed by atoms with van der Waals surface area (Å²) in [5.74, 6) is 1.45. The molecule has 0 N–H and O–H groups in total. The van der Waals surface area contributed by atoms with Crippen LogP contribution in [-0.4, -0.2) is 45.9 Å². The first-order valence-electron chi connectivity index (χ1n) is 9.29. The van der Waals surface area contributed by atoms with Crippen LogP contribution < -0.4 is 9.47 Å². The SMILES string of the molecule is C=CCC(COC)S(=O)(=O)N(Cc1ccc(OC)cc1)Cc1ccc(OC)cc1. The Hall–Kier alpha value is -2.35. The van der Waals surface area contributed by atoms with Crippen molar-refractivity contribution in [3.8, 4) is 11.5 Å². The summed E-state index contributed by atoms with van der Waals surface area (Å²) in [6.45, 7) is 4.29. The van der Waals surface area contributed by atoms with Gasteiger partial charge in [0.1, 0.15) is 16.7 Å². The molecule has 0 fully saturated rings. The standard InChI is InChI=1S/C22H29NO5S/c1-5-6-22(17-26-2)29(24,25)23(15-18-7-11-20(27-3)12-8-18)16-19-9-13-21(28-4)14-10-19/h5,7-14,22H,1,6,15-17H2,2-4H3. The Balaban J connectivity index is 2.34. The van der Waals surface area contributed by atoms with Crippen molar-refractivity contribution < 1.29 is 22.6 Å². The molecule has 6 nitrogen and oxygen atoms in total. The number of methoxy groups -OCH3 is 3. The van der Waals surface area contributed by atoms with Gasteiger partial charge in [0.25, 0.3) is 0 Å². The molecule has 0 aliphatic rings. The average molecular weight is 420 g/mol. The van der Waals surface area contributed by atoms with Crippen LogP contribution in [0, 0.1) is 0 Å². The molecule has 7 heteroatoms. The minimum Gasteiger partial charge on any atom is -0.497 e. The van der Waals surface area contributed by atoms with Gasteiger partial charge in [-0.15, -0.1) is 6.58 Å². The lowest BCUT2D eigenvalue weighted by Crippen LogP contribution is -2.40. The third-order valence-electron chi connectivity index (χ3n) is 4.60. The van der Waals surface area contributed by atoms with Crippen molar-refractivity contribution >= 4 is 10.0 Å². The predicted molar refractivity (Wildman–Crippen MR) is 115 cm³/mol. The Bertz CT molecular complexity index is 814. The van der Waals surface area contributed by atoms with E-state index < -0.39 is 15.3 Å². The molecule has 29 heavy (non-hydrogen) atoms. The van der Waals surface area contributed by atoms with E-state index in [0.29, 0.717) is 6.42 Å². The van der Waals surface area contributed by atoms with Crippen LogP contribution in [0.5, 0.6) is 11.5 Å². The van der Waals surface area contributed by atoms with E-state index in [9.17, 15) is 8.42 Å². The van der Waals surface area contributed by atoms with E-state index in [1.54, 1.807) is 20.3 Å². The molecule has 158 valence electrons. The summed E-state index contributed by atoms with van der Waals surface area (Å²) in [5, 5.41) is -0.693. The molecule has 0 aromatic heterocycles. The van der Waals surface area contributed by atoms with Crippen molar-refractivity contribution in [3.05, 3.63) is 72.3 Å². The largest absolute Gasteiger partial charge is 0.497 e. The van der Waals surface area contributed by atoms with Crippen molar-refractivity contribution in [2.45, 2.75) is 24.8 Å². The van der Waals surface area contributed by atoms with Gasteiger partial charge in [0.05, 0.1) is 20.8 Å². The number of rotatable bonds is 12. The van der Waals surface area contributed by atoms with Gasteiger partial charge >= 0.3 is 0 Å². The van der Waals surface area contributed by atoms with E-state index in [-0.39, 0.29) is 19.7 Å². The van der Waals surface area contributed by atoms with Gasteiger partial charge < -0.3 is 14.2 Å². The zero-order valence-electron chi connectivity index (χ0n) is 17.2. The fourth-order valence-corrected chi connectivity index (χ4v) is 4.73. The maximum Gasteiger partial charge on any atom is 0.220 e. The smallest absolute Gasteiger partial charge is 0.220 e. The first-order valence-corrected chi connectivity index (χ1v) is 10.8. The van der Waals surface area contributed by atoms with E-state index in [2.05, 4.69) is 6.58 Å². The fourth-order valence-electron chi connectivity index (χ4n) is 2.96. The normalized spacial score (nSPS) is 12.6. The first-order chi connectivity index (χ1) is 13.9. The van der Waals surface area contributed by atoms with Crippen LogP contribution >= 0.6 is 0 Å². The third-order valence-corrected chi connectivity index (χ3v) is 6.75. The van der Waals surface area contributed by atoms with Crippen molar-refractivity contribution in [1.29, 1.82) is 0 Å². The highest BCUT2D eigenvalue weighted by Crippen LogP contribution is 2.22. The third kappa shape index (κ3) is 6.32. The Morgan fingerprint density at radius 1 is 0.897 bits per heavy atom. The quantitative estimate of drug-likeness (QED) is 0.492. The molecule has 2 aromatic carbocycles. The number of hydrogen-bond acceptors (Lipinski definition) is 5. The highest BCUT2D eigenvalue weighted by molar-refractivity contribution is 7.89. The van der Waals surface area contributed by atoms with Gasteiger partial charge in [-0.25, -0.2) is 8.42 Å². The molecule has 0 saturated carbocycles. The van der Waals surface area contributed by atoms with Crippen LogP contribution in [0.25, 0.3) is 0 Å². The van der Waals surface area contributed by atoms with Crippen molar-refractivity contribution in [2.75, 3.05) is 27.9 Å². The van der Waals surface area contributed by atoms with Gasteiger partial charge in [0, 0.05) is 20.2 Å². The van der Waals surface area contributed by atoms with Crippen LogP contribution in [0.2, 0.25) is 0 Å². The molecule has 1 unspecified atom stereocenters. The summed E-state index contributed by atoms with van der Waals surface area (Å²) in [6, 6.07) is 14.8. The summed E-state index contributed by atoms with van der Waals surface area (Å²) in [4.78, 5) is 0. The molecule has 0 bridgehead atoms. The first kappa shape index (κ1) is 22.9. The molecule has 0 amide bonds. The van der Waals surface area contributed by atoms with E-state index in [1.165, 1.54) is 11.4 Å². The van der Waals surface area contributed by atoms with Crippen molar-refractivity contribution in [1.82, 2.24) is 4.31 Å². The van der Waals surface area contributed by atoms with Crippen LogP contribution in [0.3, 0.4) is 0 Å². The maximum absolute atomic E-state index is 13.4. The number of allylic oxidation sites excluding steroid dienone is 1. The van der Waals surface area contributed by atoms with Gasteiger partial charge in [0.15, 0.2) is 0 Å². The topological polar surface area (TPSA) is 65.1 Å². The minimum atomic E-state index is -3.64. The molecule has 0 aliphatic heterocycles. The number of benzene rings is 2. The van der Waals surface area contributed by atoms with Crippen LogP contribution in [0.15, 0.2) is 61.2 Å². The molecule has 2 rings (SSSR count). The number of hydrogen-bond donors (Lipinski definition) is 0. The average Bonchev–Trinajstić information content (AvgIpc) is 2.74. The van der Waals surface area contributed by atoms with Gasteiger partial charge in [-0.3, -0.25) is 0 Å². The summed E-state index contributed by atoms with van der Waals surface area (Å²) in [7, 11) is 1.06. The van der Waals surface area contributed by atoms with Gasteiger partial charge in [-0.1, -0.05) is 30.3 Å². The second-order valence-corrected chi connectivity index (χ2v) is 8.82. The van der Waals surface area contributed by atoms with Crippen molar-refractivity contribution in [2.24, 2.45) is 0 Å². The van der Waals surface area contributed by atoms with E-state index in [0.717, 1.165) is 22.6 Å². The van der Waals surface area contributed by atoms with Gasteiger partial charge in [-0.05, 0) is 41.8 Å². The Labute approximate surface area is 173 Å². The number of ether oxygens (including phenoxy) is 3. The van der Waals surface area contributed by atoms with E-state index in [1.807, 2.05) is 48.5 Å². The van der Waals surface area contributed by atoms with E-state index >= 15 is 0 Å². The summed E-state index contributed by atoms with van der Waals surface area (Å²) >= 11 is 0. The number of sulfonamides is 1. The fraction of sp³-hybridized carbons (Fsp3) is 0.364. The Morgan fingerprint density at radius 2 is 1.34 bits per heavy atom. The second kappa shape index (κ2) is 11.0. The highest BCUT2D eigenvalue weighted by Gasteiger charge is 2.31. The van der Waals surface area contributed by atoms with Crippen molar-refractivity contribution in [3.63, 3.8) is 0 Å². The molecule has 0 aliphatic carbocycles. The maximum atomic E-state index is 13.4. The highest BCUT2D eigenvalue weighted by atomic mass is 32.2. The summed E-state index contributed by atoms with van der Waals surface area (Å²) in [5.41, 5.74) is 1.75. The van der Waals surface area contributed by atoms with E-state index in [4.69, 9.17) is 14.2 Å². The van der Waals surface area contributed by atoms with Crippen LogP contribution in [0.1, 0.15) is 17.5 Å². The van der Waals surface area contributed by atoms with Crippen LogP contribution in [0.4, 0.5) is 0 Å². The number of nitrogens with zero attached hydrogens (tertiary/aromatic N) is 1. The zero-order chi connectivity index (χ0) is 21.3. The molecular weight excluding hydrogens is 390 g/mol. The molecule has 0 radical (unpaired) electrons. The zero-order valence-corrected chi connectivity index (χ0v) is 18.0. The second-order valence-electron chi connectivity index (χ2n) is 6.61. The molecule has 0 spiro atoms. The molecule has 1 atom stereocenters. The monoisotopic (exact) mass is 419 g/mol. The van der Waals surface area contributed by atoms with Gasteiger partial charge in [-0.2, -0.15) is 4.31 Å². The van der Waals surface area contributed by atoms with Crippen LogP contribution in [-0.2, 0) is 27.8 Å². The molecule has 0 saturated heterocycles. The molecular formula is C22H29NO5S. The lowest BCUT2D eigenvalue weighted by molar-refractivity contribution is 0.194. The van der Waals surface area contributed by atoms with Gasteiger partial charge in [0.2, 0.25) is 10.0 Å². The molecule has 0 heterocycles.